The Morgan fingerprint density at radius 3 is 2.38 bits per heavy atom. The second-order valence-electron chi connectivity index (χ2n) is 6.38. The number of rotatable bonds is 1. The van der Waals surface area contributed by atoms with E-state index in [9.17, 15) is 4.79 Å². The van der Waals surface area contributed by atoms with Crippen molar-refractivity contribution in [3.63, 3.8) is 0 Å². The number of fused-ring (bicyclic) bond motifs is 4. The van der Waals surface area contributed by atoms with Crippen LogP contribution < -0.4 is 5.56 Å². The van der Waals surface area contributed by atoms with Crippen LogP contribution in [0.5, 0.6) is 0 Å². The summed E-state index contributed by atoms with van der Waals surface area (Å²) >= 11 is 1.56. The maximum atomic E-state index is 13.2. The summed E-state index contributed by atoms with van der Waals surface area (Å²) in [5.41, 5.74) is 3.28. The highest BCUT2D eigenvalue weighted by Crippen LogP contribution is 2.31. The van der Waals surface area contributed by atoms with E-state index < -0.39 is 0 Å². The number of aryl methyl sites for hydroxylation is 2. The largest absolute Gasteiger partial charge is 0.283 e. The van der Waals surface area contributed by atoms with Crippen molar-refractivity contribution in [2.24, 2.45) is 0 Å². The third-order valence-corrected chi connectivity index (χ3v) is 5.95. The van der Waals surface area contributed by atoms with E-state index in [0.29, 0.717) is 11.0 Å². The lowest BCUT2D eigenvalue weighted by molar-refractivity contribution is 0.898. The van der Waals surface area contributed by atoms with Crippen LogP contribution in [-0.4, -0.2) is 14.6 Å². The quantitative estimate of drug-likeness (QED) is 0.407. The molecule has 26 heavy (non-hydrogen) atoms. The Balaban J connectivity index is 2.04. The molecule has 2 aromatic carbocycles. The highest BCUT2D eigenvalue weighted by Gasteiger charge is 2.17. The van der Waals surface area contributed by atoms with Crippen molar-refractivity contribution in [1.82, 2.24) is 14.6 Å². The van der Waals surface area contributed by atoms with E-state index in [2.05, 4.69) is 0 Å². The van der Waals surface area contributed by atoms with Crippen LogP contribution in [0.2, 0.25) is 0 Å². The van der Waals surface area contributed by atoms with Crippen LogP contribution in [0, 0.1) is 13.8 Å². The van der Waals surface area contributed by atoms with Crippen LogP contribution in [-0.2, 0) is 0 Å². The first-order valence-corrected chi connectivity index (χ1v) is 9.23. The van der Waals surface area contributed by atoms with Gasteiger partial charge in [-0.1, -0.05) is 54.6 Å². The van der Waals surface area contributed by atoms with Gasteiger partial charge in [-0.15, -0.1) is 11.3 Å². The molecule has 0 aliphatic rings. The molecule has 4 nitrogen and oxygen atoms in total. The Kier molecular flexibility index (Phi) is 3.21. The Morgan fingerprint density at radius 1 is 0.923 bits per heavy atom. The summed E-state index contributed by atoms with van der Waals surface area (Å²) in [6.07, 6.45) is 0. The van der Waals surface area contributed by atoms with Crippen LogP contribution in [0.4, 0.5) is 0 Å². The molecule has 0 aliphatic carbocycles. The SMILES string of the molecule is Cc1sc2nc3c4ccccc4c(-c4ccccc4)nn3c(=O)c2c1C. The summed E-state index contributed by atoms with van der Waals surface area (Å²) < 4.78 is 1.46. The van der Waals surface area contributed by atoms with Crippen molar-refractivity contribution >= 4 is 38.0 Å². The van der Waals surface area contributed by atoms with Gasteiger partial charge in [-0.25, -0.2) is 4.98 Å². The minimum Gasteiger partial charge on any atom is -0.267 e. The second-order valence-corrected chi connectivity index (χ2v) is 7.58. The molecule has 0 fully saturated rings. The molecular weight excluding hydrogens is 342 g/mol. The molecule has 126 valence electrons. The van der Waals surface area contributed by atoms with Gasteiger partial charge in [0, 0.05) is 21.2 Å². The summed E-state index contributed by atoms with van der Waals surface area (Å²) in [6, 6.07) is 18.0. The molecule has 0 N–H and O–H groups in total. The van der Waals surface area contributed by atoms with Gasteiger partial charge in [-0.2, -0.15) is 9.61 Å². The third kappa shape index (κ3) is 2.04. The number of aromatic nitrogens is 3. The number of hydrogen-bond donors (Lipinski definition) is 0. The molecule has 0 spiro atoms. The van der Waals surface area contributed by atoms with E-state index in [1.165, 1.54) is 4.52 Å². The molecule has 5 heteroatoms. The van der Waals surface area contributed by atoms with Crippen LogP contribution in [0.3, 0.4) is 0 Å². The smallest absolute Gasteiger partial charge is 0.267 e. The molecule has 0 saturated carbocycles. The molecule has 5 rings (SSSR count). The van der Waals surface area contributed by atoms with E-state index in [0.717, 1.165) is 37.3 Å². The number of hydrogen-bond acceptors (Lipinski definition) is 4. The maximum Gasteiger partial charge on any atom is 0.283 e. The highest BCUT2D eigenvalue weighted by molar-refractivity contribution is 7.18. The standard InChI is InChI=1S/C21H15N3OS/c1-12-13(2)26-20-17(12)21(25)24-19(22-20)16-11-7-6-10-15(16)18(23-24)14-8-4-3-5-9-14/h3-11H,1-2H3. The van der Waals surface area contributed by atoms with E-state index in [1.54, 1.807) is 11.3 Å². The first-order chi connectivity index (χ1) is 12.6. The lowest BCUT2D eigenvalue weighted by Gasteiger charge is -2.10. The lowest BCUT2D eigenvalue weighted by atomic mass is 10.0. The first kappa shape index (κ1) is 15.2. The molecule has 0 saturated heterocycles. The first-order valence-electron chi connectivity index (χ1n) is 8.42. The number of benzene rings is 2. The lowest BCUT2D eigenvalue weighted by Crippen LogP contribution is -2.18. The van der Waals surface area contributed by atoms with Crippen molar-refractivity contribution in [2.75, 3.05) is 0 Å². The molecule has 3 aromatic heterocycles. The molecular formula is C21H15N3OS. The van der Waals surface area contributed by atoms with Crippen molar-refractivity contribution in [3.8, 4) is 11.3 Å². The zero-order valence-corrected chi connectivity index (χ0v) is 15.2. The fraction of sp³-hybridized carbons (Fsp3) is 0.0952. The predicted molar refractivity (Wildman–Crippen MR) is 107 cm³/mol. The van der Waals surface area contributed by atoms with Crippen LogP contribution in [0.15, 0.2) is 59.4 Å². The third-order valence-electron chi connectivity index (χ3n) is 4.85. The highest BCUT2D eigenvalue weighted by atomic mass is 32.1. The van der Waals surface area contributed by atoms with E-state index in [1.807, 2.05) is 68.4 Å². The summed E-state index contributed by atoms with van der Waals surface area (Å²) in [7, 11) is 0. The van der Waals surface area contributed by atoms with Gasteiger partial charge >= 0.3 is 0 Å². The number of nitrogens with zero attached hydrogens (tertiary/aromatic N) is 3. The van der Waals surface area contributed by atoms with Crippen LogP contribution in [0.1, 0.15) is 10.4 Å². The average Bonchev–Trinajstić information content (AvgIpc) is 2.96. The van der Waals surface area contributed by atoms with Crippen molar-refractivity contribution in [2.45, 2.75) is 13.8 Å². The van der Waals surface area contributed by atoms with Crippen molar-refractivity contribution < 1.29 is 0 Å². The predicted octanol–water partition coefficient (Wildman–Crippen LogP) is 4.74. The van der Waals surface area contributed by atoms with E-state index in [4.69, 9.17) is 10.1 Å². The zero-order chi connectivity index (χ0) is 17.8. The maximum absolute atomic E-state index is 13.2. The van der Waals surface area contributed by atoms with Gasteiger partial charge < -0.3 is 0 Å². The minimum atomic E-state index is -0.102. The van der Waals surface area contributed by atoms with Gasteiger partial charge in [-0.3, -0.25) is 4.79 Å². The minimum absolute atomic E-state index is 0.102. The molecule has 0 amide bonds. The molecule has 0 bridgehead atoms. The monoisotopic (exact) mass is 357 g/mol. The average molecular weight is 357 g/mol. The van der Waals surface area contributed by atoms with Gasteiger partial charge in [0.25, 0.3) is 5.56 Å². The fourth-order valence-corrected chi connectivity index (χ4v) is 4.42. The summed E-state index contributed by atoms with van der Waals surface area (Å²) in [5.74, 6) is 0. The van der Waals surface area contributed by atoms with Gasteiger partial charge in [0.05, 0.1) is 11.1 Å². The molecule has 0 aliphatic heterocycles. The van der Waals surface area contributed by atoms with Gasteiger partial charge in [0.1, 0.15) is 4.83 Å². The molecule has 0 radical (unpaired) electrons. The topological polar surface area (TPSA) is 47.3 Å². The van der Waals surface area contributed by atoms with Crippen LogP contribution >= 0.6 is 11.3 Å². The van der Waals surface area contributed by atoms with E-state index >= 15 is 0 Å². The number of thiophene rings is 1. The zero-order valence-electron chi connectivity index (χ0n) is 14.4. The fourth-order valence-electron chi connectivity index (χ4n) is 3.40. The van der Waals surface area contributed by atoms with Gasteiger partial charge in [0.2, 0.25) is 0 Å². The van der Waals surface area contributed by atoms with Gasteiger partial charge in [0.15, 0.2) is 5.65 Å². The Hall–Kier alpha value is -3.05. The Bertz CT molecular complexity index is 1370. The van der Waals surface area contributed by atoms with Crippen molar-refractivity contribution in [3.05, 3.63) is 75.4 Å². The van der Waals surface area contributed by atoms with Crippen LogP contribution in [0.25, 0.3) is 37.9 Å². The summed E-state index contributed by atoms with van der Waals surface area (Å²) in [5, 5.41) is 7.32. The van der Waals surface area contributed by atoms with Crippen molar-refractivity contribution in [1.29, 1.82) is 0 Å². The Morgan fingerprint density at radius 2 is 1.62 bits per heavy atom. The second kappa shape index (κ2) is 5.47. The van der Waals surface area contributed by atoms with Gasteiger partial charge in [-0.05, 0) is 19.4 Å². The Labute approximate surface area is 153 Å². The molecule has 0 unspecified atom stereocenters. The summed E-state index contributed by atoms with van der Waals surface area (Å²) in [6.45, 7) is 4.00. The molecule has 0 atom stereocenters. The van der Waals surface area contributed by atoms with E-state index in [-0.39, 0.29) is 5.56 Å². The normalized spacial score (nSPS) is 11.6. The molecule has 5 aromatic rings. The summed E-state index contributed by atoms with van der Waals surface area (Å²) in [4.78, 5) is 19.9. The molecule has 3 heterocycles.